The van der Waals surface area contributed by atoms with Crippen LogP contribution in [0.2, 0.25) is 0 Å². The molecule has 3 heterocycles. The maximum atomic E-state index is 12.8. The normalized spacial score (nSPS) is 18.8. The molecule has 8 heteroatoms. The molecule has 7 nitrogen and oxygen atoms in total. The summed E-state index contributed by atoms with van der Waals surface area (Å²) in [4.78, 5) is 32.2. The van der Waals surface area contributed by atoms with E-state index in [0.29, 0.717) is 37.6 Å². The van der Waals surface area contributed by atoms with E-state index >= 15 is 0 Å². The summed E-state index contributed by atoms with van der Waals surface area (Å²) in [6, 6.07) is 7.18. The molecule has 0 saturated carbocycles. The summed E-state index contributed by atoms with van der Waals surface area (Å²) in [7, 11) is 0. The third-order valence-corrected chi connectivity index (χ3v) is 6.82. The number of carbonyl (C=O) groups is 2. The number of hydrogen-bond donors (Lipinski definition) is 0. The minimum absolute atomic E-state index is 0.0211. The van der Waals surface area contributed by atoms with Gasteiger partial charge in [0, 0.05) is 37.1 Å². The smallest absolute Gasteiger partial charge is 0.273 e. The molecule has 2 aromatic rings. The van der Waals surface area contributed by atoms with Gasteiger partial charge < -0.3 is 19.3 Å². The first kappa shape index (κ1) is 21.9. The topological polar surface area (TPSA) is 72.0 Å². The van der Waals surface area contributed by atoms with E-state index in [4.69, 9.17) is 9.47 Å². The zero-order valence-corrected chi connectivity index (χ0v) is 18.7. The van der Waals surface area contributed by atoms with Crippen LogP contribution < -0.4 is 4.74 Å². The number of carbonyl (C=O) groups excluding carboxylic acids is 2. The molecular weight excluding hydrogens is 414 g/mol. The van der Waals surface area contributed by atoms with Crippen LogP contribution in [0, 0.1) is 6.92 Å². The highest BCUT2D eigenvalue weighted by atomic mass is 32.1. The molecule has 2 aliphatic rings. The molecule has 1 aromatic carbocycles. The third kappa shape index (κ3) is 5.50. The van der Waals surface area contributed by atoms with Crippen molar-refractivity contribution in [2.75, 3.05) is 45.9 Å². The molecule has 1 spiro atoms. The number of rotatable bonds is 7. The van der Waals surface area contributed by atoms with Gasteiger partial charge in [0.2, 0.25) is 0 Å². The Bertz CT molecular complexity index is 890. The monoisotopic (exact) mass is 443 g/mol. The molecule has 2 aliphatic heterocycles. The number of aromatic nitrogens is 1. The molecule has 1 aromatic heterocycles. The number of ether oxygens (including phenoxy) is 2. The first-order valence-corrected chi connectivity index (χ1v) is 11.7. The molecule has 0 N–H and O–H groups in total. The Morgan fingerprint density at radius 2 is 2.03 bits per heavy atom. The van der Waals surface area contributed by atoms with Crippen molar-refractivity contribution in [2.45, 2.75) is 31.8 Å². The number of morpholine rings is 1. The number of nitrogens with zero attached hydrogens (tertiary/aromatic N) is 3. The Hall–Kier alpha value is -2.29. The highest BCUT2D eigenvalue weighted by Crippen LogP contribution is 2.31. The molecule has 2 saturated heterocycles. The van der Waals surface area contributed by atoms with E-state index in [0.717, 1.165) is 55.9 Å². The quantitative estimate of drug-likeness (QED) is 0.484. The zero-order valence-electron chi connectivity index (χ0n) is 17.9. The predicted molar refractivity (Wildman–Crippen MR) is 119 cm³/mol. The number of hydrogen-bond acceptors (Lipinski definition) is 7. The van der Waals surface area contributed by atoms with Crippen molar-refractivity contribution in [3.05, 3.63) is 45.9 Å². The maximum Gasteiger partial charge on any atom is 0.273 e. The standard InChI is InChI=1S/C23H29N3O4S/c1-18-24-21(16-31-18)22(28)26-12-14-30-23(17-26)7-10-25(11-8-23)9-2-13-29-20-5-3-19(15-27)4-6-20/h3-6,15-16H,2,7-14,17H2,1H3. The highest BCUT2D eigenvalue weighted by Gasteiger charge is 2.41. The summed E-state index contributed by atoms with van der Waals surface area (Å²) in [5.74, 6) is 0.812. The van der Waals surface area contributed by atoms with E-state index < -0.39 is 0 Å². The van der Waals surface area contributed by atoms with E-state index in [9.17, 15) is 9.59 Å². The minimum atomic E-state index is -0.230. The molecule has 1 amide bonds. The largest absolute Gasteiger partial charge is 0.494 e. The van der Waals surface area contributed by atoms with Crippen LogP contribution >= 0.6 is 11.3 Å². The highest BCUT2D eigenvalue weighted by molar-refractivity contribution is 7.09. The van der Waals surface area contributed by atoms with Crippen molar-refractivity contribution in [2.24, 2.45) is 0 Å². The lowest BCUT2D eigenvalue weighted by Gasteiger charge is -2.47. The second-order valence-corrected chi connectivity index (χ2v) is 9.30. The lowest BCUT2D eigenvalue weighted by molar-refractivity contribution is -0.127. The molecule has 4 rings (SSSR count). The van der Waals surface area contributed by atoms with Crippen LogP contribution in [0.15, 0.2) is 29.6 Å². The number of benzene rings is 1. The number of aryl methyl sites for hydroxylation is 1. The van der Waals surface area contributed by atoms with Crippen molar-refractivity contribution >= 4 is 23.5 Å². The lowest BCUT2D eigenvalue weighted by Crippen LogP contribution is -2.58. The number of aldehydes is 1. The van der Waals surface area contributed by atoms with Crippen LogP contribution in [-0.2, 0) is 4.74 Å². The summed E-state index contributed by atoms with van der Waals surface area (Å²) in [5.41, 5.74) is 0.978. The van der Waals surface area contributed by atoms with Crippen molar-refractivity contribution in [1.29, 1.82) is 0 Å². The third-order valence-electron chi connectivity index (χ3n) is 6.04. The lowest BCUT2D eigenvalue weighted by atomic mass is 9.89. The molecular formula is C23H29N3O4S. The van der Waals surface area contributed by atoms with E-state index in [1.807, 2.05) is 29.3 Å². The Balaban J connectivity index is 1.20. The Morgan fingerprint density at radius 3 is 2.71 bits per heavy atom. The second kappa shape index (κ2) is 9.89. The number of likely N-dealkylation sites (tertiary alicyclic amines) is 1. The zero-order chi connectivity index (χ0) is 21.7. The molecule has 0 unspecified atom stereocenters. The van der Waals surface area contributed by atoms with E-state index in [2.05, 4.69) is 9.88 Å². The van der Waals surface area contributed by atoms with Crippen LogP contribution in [0.3, 0.4) is 0 Å². The summed E-state index contributed by atoms with van der Waals surface area (Å²) in [6.07, 6.45) is 3.64. The van der Waals surface area contributed by atoms with Gasteiger partial charge in [-0.2, -0.15) is 0 Å². The first-order chi connectivity index (χ1) is 15.1. The molecule has 166 valence electrons. The van der Waals surface area contributed by atoms with E-state index in [-0.39, 0.29) is 11.5 Å². The Morgan fingerprint density at radius 1 is 1.26 bits per heavy atom. The summed E-state index contributed by atoms with van der Waals surface area (Å²) < 4.78 is 12.0. The van der Waals surface area contributed by atoms with Gasteiger partial charge in [-0.05, 0) is 50.5 Å². The van der Waals surface area contributed by atoms with Gasteiger partial charge >= 0.3 is 0 Å². The fourth-order valence-corrected chi connectivity index (χ4v) is 4.84. The van der Waals surface area contributed by atoms with Gasteiger partial charge in [-0.3, -0.25) is 9.59 Å². The summed E-state index contributed by atoms with van der Waals surface area (Å²) >= 11 is 1.51. The molecule has 0 aliphatic carbocycles. The summed E-state index contributed by atoms with van der Waals surface area (Å²) in [5, 5.41) is 2.77. The predicted octanol–water partition coefficient (Wildman–Crippen LogP) is 3.04. The number of thiazole rings is 1. The molecule has 0 bridgehead atoms. The van der Waals surface area contributed by atoms with Crippen molar-refractivity contribution < 1.29 is 19.1 Å². The van der Waals surface area contributed by atoms with Crippen molar-refractivity contribution in [1.82, 2.24) is 14.8 Å². The van der Waals surface area contributed by atoms with E-state index in [1.54, 1.807) is 12.1 Å². The number of piperidine rings is 1. The molecule has 0 radical (unpaired) electrons. The van der Waals surface area contributed by atoms with Crippen LogP contribution in [-0.4, -0.2) is 78.5 Å². The van der Waals surface area contributed by atoms with Crippen LogP contribution in [0.1, 0.15) is 45.1 Å². The van der Waals surface area contributed by atoms with Gasteiger partial charge in [-0.15, -0.1) is 11.3 Å². The Labute approximate surface area is 187 Å². The average molecular weight is 444 g/mol. The molecule has 2 fully saturated rings. The second-order valence-electron chi connectivity index (χ2n) is 8.24. The van der Waals surface area contributed by atoms with Crippen molar-refractivity contribution in [3.8, 4) is 5.75 Å². The Kier molecular flexibility index (Phi) is 6.99. The molecule has 31 heavy (non-hydrogen) atoms. The van der Waals surface area contributed by atoms with Gasteiger partial charge in [0.25, 0.3) is 5.91 Å². The van der Waals surface area contributed by atoms with Gasteiger partial charge in [0.05, 0.1) is 30.4 Å². The SMILES string of the molecule is Cc1nc(C(=O)N2CCOC3(CCN(CCCOc4ccc(C=O)cc4)CC3)C2)cs1. The van der Waals surface area contributed by atoms with Crippen LogP contribution in [0.25, 0.3) is 0 Å². The minimum Gasteiger partial charge on any atom is -0.494 e. The summed E-state index contributed by atoms with van der Waals surface area (Å²) in [6.45, 7) is 7.34. The average Bonchev–Trinajstić information content (AvgIpc) is 3.24. The molecule has 0 atom stereocenters. The van der Waals surface area contributed by atoms with Gasteiger partial charge in [-0.25, -0.2) is 4.98 Å². The maximum absolute atomic E-state index is 12.8. The van der Waals surface area contributed by atoms with Gasteiger partial charge in [0.15, 0.2) is 0 Å². The fraction of sp³-hybridized carbons (Fsp3) is 0.522. The fourth-order valence-electron chi connectivity index (χ4n) is 4.25. The van der Waals surface area contributed by atoms with Gasteiger partial charge in [-0.1, -0.05) is 0 Å². The van der Waals surface area contributed by atoms with Crippen molar-refractivity contribution in [3.63, 3.8) is 0 Å². The van der Waals surface area contributed by atoms with Gasteiger partial charge in [0.1, 0.15) is 17.7 Å². The van der Waals surface area contributed by atoms with Crippen LogP contribution in [0.5, 0.6) is 5.75 Å². The first-order valence-electron chi connectivity index (χ1n) is 10.8. The van der Waals surface area contributed by atoms with Crippen LogP contribution in [0.4, 0.5) is 0 Å². The number of amides is 1. The van der Waals surface area contributed by atoms with E-state index in [1.165, 1.54) is 11.3 Å².